The van der Waals surface area contributed by atoms with Crippen LogP contribution >= 0.6 is 22.9 Å². The Hall–Kier alpha value is -3.94. The quantitative estimate of drug-likeness (QED) is 0.361. The number of fused-ring (bicyclic) bond motifs is 2. The van der Waals surface area contributed by atoms with Crippen molar-refractivity contribution in [2.24, 2.45) is 0 Å². The third-order valence-corrected chi connectivity index (χ3v) is 8.72. The largest absolute Gasteiger partial charge is 0.447 e. The number of halogens is 1. The number of nitriles is 1. The SMILES string of the molecule is Cc1nc(-c2cc3nc(C)n(Cc4ccc(Cl)cc4)c(=O)c3cc2N[C@H]2CCN3C(=O)OC[C@@H]3C2)sc1C#N. The first kappa shape index (κ1) is 25.3. The van der Waals surface area contributed by atoms with Crippen LogP contribution in [0, 0.1) is 25.2 Å². The lowest BCUT2D eigenvalue weighted by Crippen LogP contribution is -2.45. The molecule has 2 fully saturated rings. The molecule has 9 nitrogen and oxygen atoms in total. The van der Waals surface area contributed by atoms with Crippen molar-refractivity contribution in [3.05, 3.63) is 73.7 Å². The Kier molecular flexibility index (Phi) is 6.49. The maximum absolute atomic E-state index is 13.8. The second kappa shape index (κ2) is 9.98. The van der Waals surface area contributed by atoms with Gasteiger partial charge in [-0.2, -0.15) is 5.26 Å². The third kappa shape index (κ3) is 4.73. The molecule has 198 valence electrons. The predicted octanol–water partition coefficient (Wildman–Crippen LogP) is 5.11. The molecule has 4 heterocycles. The van der Waals surface area contributed by atoms with Crippen LogP contribution < -0.4 is 10.9 Å². The topological polar surface area (TPSA) is 113 Å². The Morgan fingerprint density at radius 2 is 2.00 bits per heavy atom. The summed E-state index contributed by atoms with van der Waals surface area (Å²) in [7, 11) is 0. The molecule has 2 aromatic heterocycles. The molecule has 4 aromatic rings. The summed E-state index contributed by atoms with van der Waals surface area (Å²) >= 11 is 7.36. The first-order valence-corrected chi connectivity index (χ1v) is 13.9. The van der Waals surface area contributed by atoms with E-state index in [0.29, 0.717) is 57.0 Å². The Balaban J connectivity index is 1.43. The van der Waals surface area contributed by atoms with Gasteiger partial charge in [0.25, 0.3) is 5.56 Å². The number of rotatable bonds is 5. The van der Waals surface area contributed by atoms with Crippen LogP contribution in [-0.4, -0.2) is 50.8 Å². The summed E-state index contributed by atoms with van der Waals surface area (Å²) in [5.41, 5.74) is 3.59. The third-order valence-electron chi connectivity index (χ3n) is 7.38. The van der Waals surface area contributed by atoms with Gasteiger partial charge in [-0.05, 0) is 56.5 Å². The van der Waals surface area contributed by atoms with Crippen molar-refractivity contribution in [2.45, 2.75) is 45.3 Å². The van der Waals surface area contributed by atoms with Crippen LogP contribution in [0.25, 0.3) is 21.5 Å². The molecule has 2 aliphatic heterocycles. The van der Waals surface area contributed by atoms with E-state index in [1.54, 1.807) is 21.6 Å². The molecule has 1 N–H and O–H groups in total. The lowest BCUT2D eigenvalue weighted by Gasteiger charge is -2.33. The minimum absolute atomic E-state index is 0.0286. The van der Waals surface area contributed by atoms with E-state index in [4.69, 9.17) is 21.3 Å². The molecule has 0 aliphatic carbocycles. The smallest absolute Gasteiger partial charge is 0.410 e. The lowest BCUT2D eigenvalue weighted by atomic mass is 9.97. The number of amides is 1. The molecule has 1 amide bonds. The molecule has 11 heteroatoms. The molecule has 2 aliphatic rings. The Bertz CT molecular complexity index is 1710. The van der Waals surface area contributed by atoms with Crippen molar-refractivity contribution in [1.82, 2.24) is 19.4 Å². The number of hydrogen-bond donors (Lipinski definition) is 1. The average molecular weight is 561 g/mol. The van der Waals surface area contributed by atoms with Crippen LogP contribution in [0.15, 0.2) is 41.2 Å². The summed E-state index contributed by atoms with van der Waals surface area (Å²) in [6.45, 7) is 5.01. The molecular formula is C28H25ClN6O3S. The van der Waals surface area contributed by atoms with Gasteiger partial charge in [-0.15, -0.1) is 11.3 Å². The van der Waals surface area contributed by atoms with Crippen molar-refractivity contribution >= 4 is 45.6 Å². The first-order chi connectivity index (χ1) is 18.8. The van der Waals surface area contributed by atoms with Gasteiger partial charge in [0.1, 0.15) is 28.4 Å². The number of nitrogens with one attached hydrogen (secondary N) is 1. The monoisotopic (exact) mass is 560 g/mol. The molecule has 2 saturated heterocycles. The zero-order valence-corrected chi connectivity index (χ0v) is 23.0. The van der Waals surface area contributed by atoms with E-state index in [2.05, 4.69) is 16.4 Å². The lowest BCUT2D eigenvalue weighted by molar-refractivity contribution is 0.153. The highest BCUT2D eigenvalue weighted by molar-refractivity contribution is 7.15. The van der Waals surface area contributed by atoms with Crippen molar-refractivity contribution in [2.75, 3.05) is 18.5 Å². The van der Waals surface area contributed by atoms with Crippen molar-refractivity contribution < 1.29 is 9.53 Å². The molecule has 0 unspecified atom stereocenters. The van der Waals surface area contributed by atoms with E-state index in [1.165, 1.54) is 11.3 Å². The number of thiazole rings is 1. The van der Waals surface area contributed by atoms with E-state index in [0.717, 1.165) is 29.7 Å². The van der Waals surface area contributed by atoms with Gasteiger partial charge in [-0.25, -0.2) is 14.8 Å². The molecular weight excluding hydrogens is 536 g/mol. The Morgan fingerprint density at radius 1 is 1.21 bits per heavy atom. The van der Waals surface area contributed by atoms with Crippen molar-refractivity contribution in [3.63, 3.8) is 0 Å². The zero-order valence-electron chi connectivity index (χ0n) is 21.4. The molecule has 0 saturated carbocycles. The van der Waals surface area contributed by atoms with Gasteiger partial charge in [-0.3, -0.25) is 9.36 Å². The summed E-state index contributed by atoms with van der Waals surface area (Å²) in [6, 6.07) is 13.5. The van der Waals surface area contributed by atoms with Gasteiger partial charge >= 0.3 is 6.09 Å². The number of ether oxygens (including phenoxy) is 1. The summed E-state index contributed by atoms with van der Waals surface area (Å²) in [4.78, 5) is 37.5. The number of piperidine rings is 1. The number of benzene rings is 2. The van der Waals surface area contributed by atoms with Crippen molar-refractivity contribution in [1.29, 1.82) is 5.26 Å². The number of carbonyl (C=O) groups excluding carboxylic acids is 1. The van der Waals surface area contributed by atoms with Crippen molar-refractivity contribution in [3.8, 4) is 16.6 Å². The molecule has 0 bridgehead atoms. The van der Waals surface area contributed by atoms with Crippen LogP contribution in [0.3, 0.4) is 0 Å². The number of hydrogen-bond acceptors (Lipinski definition) is 8. The second-order valence-corrected chi connectivity index (χ2v) is 11.4. The standard InChI is InChI=1S/C28H25ClN6O3S/c1-15-25(12-30)39-26(31-15)21-10-24-22(11-23(21)33-19-7-8-34-20(9-19)14-38-28(34)37)27(36)35(16(2)32-24)13-17-3-5-18(29)6-4-17/h3-6,10-11,19-20,33H,7-9,13-14H2,1-2H3/t19-,20-/m0/s1. The highest BCUT2D eigenvalue weighted by Gasteiger charge is 2.38. The fourth-order valence-electron chi connectivity index (χ4n) is 5.30. The molecule has 2 atom stereocenters. The highest BCUT2D eigenvalue weighted by Crippen LogP contribution is 2.37. The number of aryl methyl sites for hydroxylation is 2. The fraction of sp³-hybridized carbons (Fsp3) is 0.321. The van der Waals surface area contributed by atoms with Crippen LogP contribution in [0.4, 0.5) is 10.5 Å². The minimum atomic E-state index is -0.255. The summed E-state index contributed by atoms with van der Waals surface area (Å²) < 4.78 is 6.90. The van der Waals surface area contributed by atoms with Gasteiger partial charge in [0, 0.05) is 28.9 Å². The van der Waals surface area contributed by atoms with E-state index in [9.17, 15) is 14.9 Å². The van der Waals surface area contributed by atoms with Gasteiger partial charge < -0.3 is 15.0 Å². The molecule has 6 rings (SSSR count). The minimum Gasteiger partial charge on any atom is -0.447 e. The Morgan fingerprint density at radius 3 is 2.74 bits per heavy atom. The van der Waals surface area contributed by atoms with Crippen LogP contribution in [0.1, 0.15) is 34.8 Å². The molecule has 39 heavy (non-hydrogen) atoms. The number of anilines is 1. The maximum Gasteiger partial charge on any atom is 0.410 e. The summed E-state index contributed by atoms with van der Waals surface area (Å²) in [6.07, 6.45) is 1.22. The molecule has 2 aromatic carbocycles. The number of carbonyl (C=O) groups is 1. The Labute approximate surface area is 233 Å². The van der Waals surface area contributed by atoms with Gasteiger partial charge in [0.05, 0.1) is 29.2 Å². The van der Waals surface area contributed by atoms with E-state index < -0.39 is 0 Å². The number of nitrogens with zero attached hydrogens (tertiary/aromatic N) is 5. The second-order valence-electron chi connectivity index (χ2n) is 9.93. The summed E-state index contributed by atoms with van der Waals surface area (Å²) in [5.74, 6) is 0.598. The zero-order chi connectivity index (χ0) is 27.3. The van der Waals surface area contributed by atoms with Gasteiger partial charge in [0.2, 0.25) is 0 Å². The van der Waals surface area contributed by atoms with E-state index in [1.807, 2.05) is 38.1 Å². The number of aromatic nitrogens is 3. The molecule has 0 radical (unpaired) electrons. The van der Waals surface area contributed by atoms with E-state index >= 15 is 0 Å². The average Bonchev–Trinajstić information content (AvgIpc) is 3.49. The first-order valence-electron chi connectivity index (χ1n) is 12.7. The van der Waals surface area contributed by atoms with Crippen LogP contribution in [0.2, 0.25) is 5.02 Å². The predicted molar refractivity (Wildman–Crippen MR) is 150 cm³/mol. The molecule has 0 spiro atoms. The summed E-state index contributed by atoms with van der Waals surface area (Å²) in [5, 5.41) is 15.0. The fourth-order valence-corrected chi connectivity index (χ4v) is 6.32. The van der Waals surface area contributed by atoms with E-state index in [-0.39, 0.29) is 23.7 Å². The van der Waals surface area contributed by atoms with Crippen LogP contribution in [-0.2, 0) is 11.3 Å². The number of cyclic esters (lactones) is 1. The maximum atomic E-state index is 13.8. The van der Waals surface area contributed by atoms with Gasteiger partial charge in [-0.1, -0.05) is 23.7 Å². The van der Waals surface area contributed by atoms with Crippen LogP contribution in [0.5, 0.6) is 0 Å². The normalized spacial score (nSPS) is 18.6. The van der Waals surface area contributed by atoms with Gasteiger partial charge in [0.15, 0.2) is 0 Å². The highest BCUT2D eigenvalue weighted by atomic mass is 35.5.